The van der Waals surface area contributed by atoms with Crippen LogP contribution in [-0.2, 0) is 4.79 Å². The summed E-state index contributed by atoms with van der Waals surface area (Å²) in [6.45, 7) is 3.69. The van der Waals surface area contributed by atoms with Crippen molar-refractivity contribution in [2.75, 3.05) is 5.32 Å². The highest BCUT2D eigenvalue weighted by Gasteiger charge is 2.32. The van der Waals surface area contributed by atoms with Crippen molar-refractivity contribution in [1.82, 2.24) is 0 Å². The second kappa shape index (κ2) is 5.75. The number of amides is 1. The van der Waals surface area contributed by atoms with Gasteiger partial charge in [0.25, 0.3) is 0 Å². The Balaban J connectivity index is 2.79. The van der Waals surface area contributed by atoms with Gasteiger partial charge in [-0.1, -0.05) is 26.0 Å². The third-order valence-electron chi connectivity index (χ3n) is 1.98. The molecule has 1 aromatic carbocycles. The lowest BCUT2D eigenvalue weighted by Gasteiger charge is -2.14. The Morgan fingerprint density at radius 1 is 1.33 bits per heavy atom. The second-order valence-electron chi connectivity index (χ2n) is 4.19. The lowest BCUT2D eigenvalue weighted by Crippen LogP contribution is -2.20. The van der Waals surface area contributed by atoms with E-state index in [0.717, 1.165) is 6.07 Å². The van der Waals surface area contributed by atoms with Gasteiger partial charge in [0.1, 0.15) is 0 Å². The van der Waals surface area contributed by atoms with Crippen LogP contribution < -0.4 is 10.1 Å². The first-order valence-electron chi connectivity index (χ1n) is 5.42. The van der Waals surface area contributed by atoms with Crippen molar-refractivity contribution in [2.45, 2.75) is 26.6 Å². The summed E-state index contributed by atoms with van der Waals surface area (Å²) < 4.78 is 40.2. The number of nitrogens with one attached hydrogen (secondary N) is 1. The van der Waals surface area contributed by atoms with E-state index in [-0.39, 0.29) is 23.9 Å². The molecule has 0 unspecified atom stereocenters. The van der Waals surface area contributed by atoms with Crippen LogP contribution in [0.2, 0.25) is 0 Å². The van der Waals surface area contributed by atoms with Gasteiger partial charge in [0, 0.05) is 6.42 Å². The van der Waals surface area contributed by atoms with Gasteiger partial charge in [-0.25, -0.2) is 0 Å². The number of anilines is 1. The molecule has 0 saturated carbocycles. The van der Waals surface area contributed by atoms with Crippen molar-refractivity contribution in [3.05, 3.63) is 24.3 Å². The average molecular weight is 261 g/mol. The number of halogens is 3. The minimum atomic E-state index is -4.78. The average Bonchev–Trinajstić information content (AvgIpc) is 2.17. The Bertz CT molecular complexity index is 416. The number of hydrogen-bond donors (Lipinski definition) is 1. The zero-order valence-electron chi connectivity index (χ0n) is 10.0. The number of hydrogen-bond acceptors (Lipinski definition) is 2. The smallest absolute Gasteiger partial charge is 0.404 e. The monoisotopic (exact) mass is 261 g/mol. The van der Waals surface area contributed by atoms with E-state index >= 15 is 0 Å². The summed E-state index contributed by atoms with van der Waals surface area (Å²) in [4.78, 5) is 11.5. The lowest BCUT2D eigenvalue weighted by atomic mass is 10.1. The molecule has 1 aromatic rings. The molecule has 0 bridgehead atoms. The van der Waals surface area contributed by atoms with Crippen LogP contribution in [-0.4, -0.2) is 12.3 Å². The van der Waals surface area contributed by atoms with Crippen molar-refractivity contribution in [1.29, 1.82) is 0 Å². The zero-order chi connectivity index (χ0) is 13.8. The van der Waals surface area contributed by atoms with Crippen LogP contribution in [0.4, 0.5) is 18.9 Å². The van der Waals surface area contributed by atoms with Gasteiger partial charge in [-0.05, 0) is 18.1 Å². The maximum absolute atomic E-state index is 12.1. The Hall–Kier alpha value is -1.72. The quantitative estimate of drug-likeness (QED) is 0.899. The fourth-order valence-electron chi connectivity index (χ4n) is 1.36. The van der Waals surface area contributed by atoms with Crippen molar-refractivity contribution >= 4 is 11.6 Å². The number of alkyl halides is 3. The van der Waals surface area contributed by atoms with Gasteiger partial charge in [0.05, 0.1) is 5.69 Å². The molecule has 0 radical (unpaired) electrons. The molecular formula is C12H14F3NO2. The first kappa shape index (κ1) is 14.3. The van der Waals surface area contributed by atoms with Gasteiger partial charge in [-0.2, -0.15) is 0 Å². The summed E-state index contributed by atoms with van der Waals surface area (Å²) >= 11 is 0. The molecule has 0 aliphatic carbocycles. The predicted octanol–water partition coefficient (Wildman–Crippen LogP) is 3.57. The molecule has 6 heteroatoms. The zero-order valence-corrected chi connectivity index (χ0v) is 10.0. The molecule has 1 N–H and O–H groups in total. The number of carbonyl (C=O) groups is 1. The topological polar surface area (TPSA) is 38.3 Å². The number of para-hydroxylation sites is 2. The Morgan fingerprint density at radius 2 is 1.94 bits per heavy atom. The van der Waals surface area contributed by atoms with Crippen LogP contribution in [0.3, 0.4) is 0 Å². The highest BCUT2D eigenvalue weighted by molar-refractivity contribution is 5.92. The van der Waals surface area contributed by atoms with Crippen LogP contribution >= 0.6 is 0 Å². The summed E-state index contributed by atoms with van der Waals surface area (Å²) in [5.41, 5.74) is 0.0143. The van der Waals surface area contributed by atoms with Crippen molar-refractivity contribution in [2.24, 2.45) is 5.92 Å². The third-order valence-corrected chi connectivity index (χ3v) is 1.98. The van der Waals surface area contributed by atoms with E-state index in [1.807, 2.05) is 13.8 Å². The molecule has 0 atom stereocenters. The van der Waals surface area contributed by atoms with Crippen LogP contribution in [0.15, 0.2) is 24.3 Å². The SMILES string of the molecule is CC(C)CC(=O)Nc1ccccc1OC(F)(F)F. The van der Waals surface area contributed by atoms with E-state index in [2.05, 4.69) is 10.1 Å². The van der Waals surface area contributed by atoms with Crippen LogP contribution in [0.5, 0.6) is 5.75 Å². The van der Waals surface area contributed by atoms with Gasteiger partial charge in [0.2, 0.25) is 5.91 Å². The molecule has 1 rings (SSSR count). The minimum Gasteiger partial charge on any atom is -0.404 e. The molecule has 0 aromatic heterocycles. The number of rotatable bonds is 4. The molecule has 0 saturated heterocycles. The van der Waals surface area contributed by atoms with Crippen LogP contribution in [0.25, 0.3) is 0 Å². The van der Waals surface area contributed by atoms with E-state index in [0.29, 0.717) is 0 Å². The molecule has 3 nitrogen and oxygen atoms in total. The molecule has 100 valence electrons. The fourth-order valence-corrected chi connectivity index (χ4v) is 1.36. The summed E-state index contributed by atoms with van der Waals surface area (Å²) in [5.74, 6) is -0.633. The van der Waals surface area contributed by atoms with Crippen LogP contribution in [0.1, 0.15) is 20.3 Å². The fraction of sp³-hybridized carbons (Fsp3) is 0.417. The lowest BCUT2D eigenvalue weighted by molar-refractivity contribution is -0.274. The van der Waals surface area contributed by atoms with Gasteiger partial charge in [-0.15, -0.1) is 13.2 Å². The summed E-state index contributed by atoms with van der Waals surface area (Å²) in [7, 11) is 0. The van der Waals surface area contributed by atoms with E-state index < -0.39 is 12.1 Å². The Labute approximate surface area is 103 Å². The Kier molecular flexibility index (Phi) is 4.58. The molecule has 1 amide bonds. The number of benzene rings is 1. The molecular weight excluding hydrogens is 247 g/mol. The third kappa shape index (κ3) is 5.07. The minimum absolute atomic E-state index is 0.0143. The normalized spacial score (nSPS) is 11.4. The summed E-state index contributed by atoms with van der Waals surface area (Å²) in [6, 6.07) is 5.44. The molecule has 0 fully saturated rings. The highest BCUT2D eigenvalue weighted by atomic mass is 19.4. The Morgan fingerprint density at radius 3 is 2.50 bits per heavy atom. The van der Waals surface area contributed by atoms with E-state index in [1.54, 1.807) is 0 Å². The molecule has 0 aliphatic heterocycles. The van der Waals surface area contributed by atoms with Crippen LogP contribution in [0, 0.1) is 5.92 Å². The van der Waals surface area contributed by atoms with Gasteiger partial charge in [-0.3, -0.25) is 4.79 Å². The van der Waals surface area contributed by atoms with E-state index in [9.17, 15) is 18.0 Å². The summed E-state index contributed by atoms with van der Waals surface area (Å²) in [6.07, 6.45) is -4.54. The molecule has 18 heavy (non-hydrogen) atoms. The van der Waals surface area contributed by atoms with Crippen molar-refractivity contribution in [3.63, 3.8) is 0 Å². The predicted molar refractivity (Wildman–Crippen MR) is 61.2 cm³/mol. The van der Waals surface area contributed by atoms with E-state index in [4.69, 9.17) is 0 Å². The first-order chi connectivity index (χ1) is 8.28. The van der Waals surface area contributed by atoms with Gasteiger partial charge >= 0.3 is 6.36 Å². The largest absolute Gasteiger partial charge is 0.573 e. The standard InChI is InChI=1S/C12H14F3NO2/c1-8(2)7-11(17)16-9-5-3-4-6-10(9)18-12(13,14)15/h3-6,8H,7H2,1-2H3,(H,16,17). The van der Waals surface area contributed by atoms with E-state index in [1.165, 1.54) is 18.2 Å². The second-order valence-corrected chi connectivity index (χ2v) is 4.19. The molecule has 0 aliphatic rings. The molecule has 0 spiro atoms. The number of carbonyl (C=O) groups excluding carboxylic acids is 1. The maximum Gasteiger partial charge on any atom is 0.573 e. The van der Waals surface area contributed by atoms with Crippen molar-refractivity contribution in [3.8, 4) is 5.75 Å². The van der Waals surface area contributed by atoms with Gasteiger partial charge < -0.3 is 10.1 Å². The number of ether oxygens (including phenoxy) is 1. The summed E-state index contributed by atoms with van der Waals surface area (Å²) in [5, 5.41) is 2.40. The highest BCUT2D eigenvalue weighted by Crippen LogP contribution is 2.30. The van der Waals surface area contributed by atoms with Gasteiger partial charge in [0.15, 0.2) is 5.75 Å². The molecule has 0 heterocycles. The maximum atomic E-state index is 12.1. The first-order valence-corrected chi connectivity index (χ1v) is 5.42. The van der Waals surface area contributed by atoms with Crippen molar-refractivity contribution < 1.29 is 22.7 Å².